The van der Waals surface area contributed by atoms with E-state index in [2.05, 4.69) is 71.1 Å². The zero-order valence-electron chi connectivity index (χ0n) is 12.0. The summed E-state index contributed by atoms with van der Waals surface area (Å²) in [6.45, 7) is 0. The minimum absolute atomic E-state index is 1.03. The van der Waals surface area contributed by atoms with Crippen LogP contribution in [0.1, 0.15) is 11.1 Å². The van der Waals surface area contributed by atoms with Crippen molar-refractivity contribution in [2.45, 2.75) is 6.42 Å². The van der Waals surface area contributed by atoms with Gasteiger partial charge in [-0.3, -0.25) is 0 Å². The normalized spacial score (nSPS) is 13.3. The summed E-state index contributed by atoms with van der Waals surface area (Å²) in [4.78, 5) is 0. The monoisotopic (exact) mass is 279 g/mol. The molecule has 22 heavy (non-hydrogen) atoms. The van der Waals surface area contributed by atoms with Gasteiger partial charge in [-0.25, -0.2) is 0 Å². The highest BCUT2D eigenvalue weighted by Crippen LogP contribution is 2.39. The average Bonchev–Trinajstić information content (AvgIpc) is 2.96. The van der Waals surface area contributed by atoms with Crippen LogP contribution in [0.3, 0.4) is 0 Å². The molecular weight excluding hydrogens is 266 g/mol. The van der Waals surface area contributed by atoms with Crippen LogP contribution in [-0.2, 0) is 6.42 Å². The van der Waals surface area contributed by atoms with E-state index in [1.54, 1.807) is 0 Å². The maximum Gasteiger partial charge on any atom is 0.0576 e. The molecule has 0 unspecified atom stereocenters. The Kier molecular flexibility index (Phi) is 1.73. The Morgan fingerprint density at radius 2 is 1.36 bits per heavy atom. The van der Waals surface area contributed by atoms with Crippen molar-refractivity contribution >= 4 is 38.1 Å². The molecule has 0 atom stereocenters. The summed E-state index contributed by atoms with van der Waals surface area (Å²) < 4.78 is 2.49. The Bertz CT molecular complexity index is 1240. The van der Waals surface area contributed by atoms with Crippen LogP contribution in [0.15, 0.2) is 66.7 Å². The van der Waals surface area contributed by atoms with E-state index >= 15 is 0 Å². The highest BCUT2D eigenvalue weighted by Gasteiger charge is 2.20. The fourth-order valence-electron chi connectivity index (χ4n) is 4.27. The second-order valence-corrected chi connectivity index (χ2v) is 6.26. The van der Waals surface area contributed by atoms with E-state index < -0.39 is 0 Å². The van der Waals surface area contributed by atoms with Gasteiger partial charge in [0, 0.05) is 22.6 Å². The SMILES string of the molecule is c1cc2c3c(c1)cc1c4ccccc4c4cccc(c4n13)C2. The average molecular weight is 279 g/mol. The molecule has 0 fully saturated rings. The summed E-state index contributed by atoms with van der Waals surface area (Å²) in [6.07, 6.45) is 1.03. The van der Waals surface area contributed by atoms with Gasteiger partial charge in [0.1, 0.15) is 0 Å². The molecule has 5 aromatic rings. The van der Waals surface area contributed by atoms with Crippen molar-refractivity contribution in [2.24, 2.45) is 0 Å². The molecule has 0 spiro atoms. The Morgan fingerprint density at radius 3 is 2.27 bits per heavy atom. The zero-order chi connectivity index (χ0) is 14.3. The van der Waals surface area contributed by atoms with E-state index in [0.29, 0.717) is 0 Å². The zero-order valence-corrected chi connectivity index (χ0v) is 12.0. The van der Waals surface area contributed by atoms with Crippen LogP contribution in [-0.4, -0.2) is 4.40 Å². The number of nitrogens with zero attached hydrogens (tertiary/aromatic N) is 1. The van der Waals surface area contributed by atoms with Gasteiger partial charge in [-0.15, -0.1) is 0 Å². The fourth-order valence-corrected chi connectivity index (χ4v) is 4.27. The maximum absolute atomic E-state index is 2.49. The van der Waals surface area contributed by atoms with Crippen molar-refractivity contribution in [2.75, 3.05) is 0 Å². The molecule has 1 heteroatoms. The highest BCUT2D eigenvalue weighted by atomic mass is 14.9. The van der Waals surface area contributed by atoms with E-state index in [1.165, 1.54) is 49.2 Å². The Balaban J connectivity index is 2.13. The van der Waals surface area contributed by atoms with Gasteiger partial charge in [0.2, 0.25) is 0 Å². The molecule has 0 saturated heterocycles. The molecule has 0 aliphatic carbocycles. The molecule has 3 aromatic carbocycles. The van der Waals surface area contributed by atoms with Crippen LogP contribution < -0.4 is 0 Å². The van der Waals surface area contributed by atoms with E-state index in [0.717, 1.165) is 6.42 Å². The van der Waals surface area contributed by atoms with Crippen LogP contribution in [0.2, 0.25) is 0 Å². The molecular formula is C21H13N. The highest BCUT2D eigenvalue weighted by molar-refractivity contribution is 6.17. The van der Waals surface area contributed by atoms with Crippen LogP contribution in [0.4, 0.5) is 0 Å². The Hall–Kier alpha value is -2.80. The molecule has 3 heterocycles. The predicted molar refractivity (Wildman–Crippen MR) is 92.7 cm³/mol. The van der Waals surface area contributed by atoms with Crippen LogP contribution in [0, 0.1) is 0 Å². The smallest absolute Gasteiger partial charge is 0.0576 e. The summed E-state index contributed by atoms with van der Waals surface area (Å²) >= 11 is 0. The molecule has 0 saturated carbocycles. The van der Waals surface area contributed by atoms with E-state index in [-0.39, 0.29) is 0 Å². The number of para-hydroxylation sites is 2. The number of benzene rings is 3. The molecule has 0 radical (unpaired) electrons. The first-order valence-electron chi connectivity index (χ1n) is 7.77. The van der Waals surface area contributed by atoms with Crippen molar-refractivity contribution in [3.63, 3.8) is 0 Å². The van der Waals surface area contributed by atoms with Gasteiger partial charge >= 0.3 is 0 Å². The number of aromatic nitrogens is 1. The van der Waals surface area contributed by atoms with Crippen molar-refractivity contribution in [1.82, 2.24) is 4.40 Å². The number of hydrogen-bond acceptors (Lipinski definition) is 0. The number of fused-ring (bicyclic) bond motifs is 3. The van der Waals surface area contributed by atoms with Crippen LogP contribution in [0.25, 0.3) is 38.1 Å². The number of hydrogen-bond donors (Lipinski definition) is 0. The fraction of sp³-hybridized carbons (Fsp3) is 0.0476. The lowest BCUT2D eigenvalue weighted by Gasteiger charge is -2.19. The molecule has 6 rings (SSSR count). The summed E-state index contributed by atoms with van der Waals surface area (Å²) in [5.74, 6) is 0. The summed E-state index contributed by atoms with van der Waals surface area (Å²) in [5, 5.41) is 5.42. The Morgan fingerprint density at radius 1 is 0.636 bits per heavy atom. The van der Waals surface area contributed by atoms with Gasteiger partial charge in [0.25, 0.3) is 0 Å². The van der Waals surface area contributed by atoms with Crippen molar-refractivity contribution in [1.29, 1.82) is 0 Å². The van der Waals surface area contributed by atoms with Gasteiger partial charge in [-0.1, -0.05) is 60.7 Å². The van der Waals surface area contributed by atoms with Crippen molar-refractivity contribution in [3.8, 4) is 0 Å². The summed E-state index contributed by atoms with van der Waals surface area (Å²) in [7, 11) is 0. The first-order chi connectivity index (χ1) is 10.9. The van der Waals surface area contributed by atoms with Crippen LogP contribution >= 0.6 is 0 Å². The minimum Gasteiger partial charge on any atom is -0.308 e. The van der Waals surface area contributed by atoms with Crippen molar-refractivity contribution < 1.29 is 0 Å². The van der Waals surface area contributed by atoms with Gasteiger partial charge in [0.05, 0.1) is 16.6 Å². The topological polar surface area (TPSA) is 4.41 Å². The molecule has 1 aliphatic rings. The third kappa shape index (κ3) is 1.10. The van der Waals surface area contributed by atoms with E-state index in [4.69, 9.17) is 0 Å². The standard InChI is InChI=1S/C21H13N/c1-2-9-17-16(8-1)18-10-4-7-14-11-13-5-3-6-15-12-19(17)22(20(13)15)21(14)18/h1-10,12H,11H2. The summed E-state index contributed by atoms with van der Waals surface area (Å²) in [5.41, 5.74) is 6.99. The molecule has 102 valence electrons. The summed E-state index contributed by atoms with van der Waals surface area (Å²) in [6, 6.07) is 24.6. The number of rotatable bonds is 0. The minimum atomic E-state index is 1.03. The van der Waals surface area contributed by atoms with E-state index in [1.807, 2.05) is 0 Å². The molecule has 0 N–H and O–H groups in total. The molecule has 0 bridgehead atoms. The lowest BCUT2D eigenvalue weighted by Crippen LogP contribution is -2.03. The quantitative estimate of drug-likeness (QED) is 0.332. The molecule has 2 aromatic heterocycles. The lowest BCUT2D eigenvalue weighted by molar-refractivity contribution is 1.14. The van der Waals surface area contributed by atoms with Gasteiger partial charge in [-0.2, -0.15) is 0 Å². The second kappa shape index (κ2) is 3.50. The first-order valence-corrected chi connectivity index (χ1v) is 7.77. The predicted octanol–water partition coefficient (Wildman–Crippen LogP) is 5.30. The third-order valence-corrected chi connectivity index (χ3v) is 5.12. The second-order valence-electron chi connectivity index (χ2n) is 6.26. The molecule has 1 aliphatic heterocycles. The lowest BCUT2D eigenvalue weighted by atomic mass is 9.95. The first kappa shape index (κ1) is 10.9. The number of pyridine rings is 1. The third-order valence-electron chi connectivity index (χ3n) is 5.12. The molecule has 0 amide bonds. The van der Waals surface area contributed by atoms with Crippen LogP contribution in [0.5, 0.6) is 0 Å². The largest absolute Gasteiger partial charge is 0.308 e. The van der Waals surface area contributed by atoms with Gasteiger partial charge in [0.15, 0.2) is 0 Å². The maximum atomic E-state index is 2.49. The Labute approximate surface area is 127 Å². The van der Waals surface area contributed by atoms with Gasteiger partial charge < -0.3 is 4.40 Å². The molecule has 1 nitrogen and oxygen atoms in total. The van der Waals surface area contributed by atoms with Gasteiger partial charge in [-0.05, 0) is 22.6 Å². The van der Waals surface area contributed by atoms with Crippen molar-refractivity contribution in [3.05, 3.63) is 77.9 Å². The van der Waals surface area contributed by atoms with E-state index in [9.17, 15) is 0 Å².